The van der Waals surface area contributed by atoms with Crippen LogP contribution >= 0.6 is 34.3 Å². The molecule has 0 aliphatic rings. The first kappa shape index (κ1) is 20.7. The van der Waals surface area contributed by atoms with Crippen LogP contribution in [0, 0.1) is 12.7 Å². The molecule has 3 aromatic heterocycles. The molecular formula is C21H17ClFN3O2S2. The first-order chi connectivity index (χ1) is 14.3. The number of fused-ring (bicyclic) bond motifs is 1. The zero-order chi connectivity index (χ0) is 21.4. The maximum Gasteiger partial charge on any atom is 0.260 e. The lowest BCUT2D eigenvalue weighted by Gasteiger charge is -2.18. The molecule has 0 radical (unpaired) electrons. The van der Waals surface area contributed by atoms with Gasteiger partial charge in [-0.2, -0.15) is 0 Å². The molecule has 0 atom stereocenters. The molecular weight excluding hydrogens is 445 g/mol. The normalized spacial score (nSPS) is 11.2. The average Bonchev–Trinajstić information content (AvgIpc) is 3.31. The number of rotatable bonds is 5. The molecule has 1 N–H and O–H groups in total. The van der Waals surface area contributed by atoms with Crippen molar-refractivity contribution >= 4 is 50.4 Å². The molecule has 0 unspecified atom stereocenters. The van der Waals surface area contributed by atoms with Crippen LogP contribution in [0.25, 0.3) is 20.7 Å². The largest absolute Gasteiger partial charge is 0.341 e. The number of carbonyl (C=O) groups is 1. The minimum absolute atomic E-state index is 0.0255. The van der Waals surface area contributed by atoms with Gasteiger partial charge in [0.2, 0.25) is 5.91 Å². The second-order valence-corrected chi connectivity index (χ2v) is 9.43. The van der Waals surface area contributed by atoms with E-state index >= 15 is 0 Å². The number of aromatic nitrogens is 2. The molecule has 0 aliphatic carbocycles. The molecule has 0 fully saturated rings. The van der Waals surface area contributed by atoms with Crippen molar-refractivity contribution in [1.29, 1.82) is 0 Å². The quantitative estimate of drug-likeness (QED) is 0.454. The number of hydrogen-bond donors (Lipinski definition) is 1. The molecule has 4 rings (SSSR count). The number of benzene rings is 1. The molecule has 30 heavy (non-hydrogen) atoms. The Kier molecular flexibility index (Phi) is 5.73. The summed E-state index contributed by atoms with van der Waals surface area (Å²) < 4.78 is 14.0. The lowest BCUT2D eigenvalue weighted by molar-refractivity contribution is -0.129. The molecule has 1 amide bonds. The molecule has 0 saturated carbocycles. The standard InChI is InChI=1S/C21H17ClFN3O2S2/c1-11-6-7-16(30-11)13-10-29-21-19(13)20(28)24-17(25-21)8-18(27)26(2)9-12-14(22)4-3-5-15(12)23/h3-7,10H,8-9H2,1-2H3,(H,24,25,28). The Morgan fingerprint density at radius 2 is 2.10 bits per heavy atom. The summed E-state index contributed by atoms with van der Waals surface area (Å²) in [7, 11) is 1.56. The lowest BCUT2D eigenvalue weighted by Crippen LogP contribution is -2.29. The van der Waals surface area contributed by atoms with Gasteiger partial charge in [-0.25, -0.2) is 9.37 Å². The predicted octanol–water partition coefficient (Wildman–Crippen LogP) is 5.02. The third-order valence-electron chi connectivity index (χ3n) is 4.70. The number of nitrogens with one attached hydrogen (secondary N) is 1. The summed E-state index contributed by atoms with van der Waals surface area (Å²) in [5.41, 5.74) is 0.831. The monoisotopic (exact) mass is 461 g/mol. The summed E-state index contributed by atoms with van der Waals surface area (Å²) in [5.74, 6) is -0.493. The van der Waals surface area contributed by atoms with Gasteiger partial charge in [-0.1, -0.05) is 17.7 Å². The van der Waals surface area contributed by atoms with Crippen molar-refractivity contribution in [3.05, 3.63) is 73.2 Å². The molecule has 0 saturated heterocycles. The average molecular weight is 462 g/mol. The van der Waals surface area contributed by atoms with Gasteiger partial charge in [0, 0.05) is 44.9 Å². The predicted molar refractivity (Wildman–Crippen MR) is 120 cm³/mol. The first-order valence-corrected chi connectivity index (χ1v) is 11.1. The number of thiophene rings is 2. The van der Waals surface area contributed by atoms with Gasteiger partial charge in [0.1, 0.15) is 16.5 Å². The van der Waals surface area contributed by atoms with E-state index in [1.807, 2.05) is 24.4 Å². The maximum atomic E-state index is 14.0. The number of aromatic amines is 1. The zero-order valence-electron chi connectivity index (χ0n) is 16.2. The van der Waals surface area contributed by atoms with Crippen LogP contribution in [0.3, 0.4) is 0 Å². The Balaban J connectivity index is 1.57. The lowest BCUT2D eigenvalue weighted by atomic mass is 10.2. The van der Waals surface area contributed by atoms with Crippen LogP contribution in [0.2, 0.25) is 5.02 Å². The van der Waals surface area contributed by atoms with Gasteiger partial charge in [0.25, 0.3) is 5.56 Å². The molecule has 0 spiro atoms. The minimum atomic E-state index is -0.468. The number of likely N-dealkylation sites (N-methyl/N-ethyl adjacent to an activating group) is 1. The Labute approximate surface area is 184 Å². The molecule has 0 aliphatic heterocycles. The minimum Gasteiger partial charge on any atom is -0.341 e. The third kappa shape index (κ3) is 4.03. The van der Waals surface area contributed by atoms with Crippen LogP contribution in [0.15, 0.2) is 40.5 Å². The summed E-state index contributed by atoms with van der Waals surface area (Å²) in [4.78, 5) is 36.7. The van der Waals surface area contributed by atoms with Gasteiger partial charge in [-0.05, 0) is 31.2 Å². The number of halogens is 2. The third-order valence-corrected chi connectivity index (χ3v) is 6.96. The fourth-order valence-corrected chi connectivity index (χ4v) is 5.27. The van der Waals surface area contributed by atoms with E-state index in [0.29, 0.717) is 10.2 Å². The number of aryl methyl sites for hydroxylation is 1. The van der Waals surface area contributed by atoms with E-state index in [1.165, 1.54) is 28.4 Å². The second kappa shape index (κ2) is 8.29. The summed E-state index contributed by atoms with van der Waals surface area (Å²) >= 11 is 9.03. The number of carbonyl (C=O) groups excluding carboxylic acids is 1. The van der Waals surface area contributed by atoms with Crippen LogP contribution in [0.5, 0.6) is 0 Å². The molecule has 0 bridgehead atoms. The van der Waals surface area contributed by atoms with E-state index in [0.717, 1.165) is 15.3 Å². The molecule has 154 valence electrons. The van der Waals surface area contributed by atoms with Crippen LogP contribution in [-0.2, 0) is 17.8 Å². The van der Waals surface area contributed by atoms with Crippen LogP contribution in [0.1, 0.15) is 16.3 Å². The van der Waals surface area contributed by atoms with E-state index in [1.54, 1.807) is 24.5 Å². The number of amides is 1. The Morgan fingerprint density at radius 3 is 2.80 bits per heavy atom. The van der Waals surface area contributed by atoms with E-state index < -0.39 is 5.82 Å². The highest BCUT2D eigenvalue weighted by Crippen LogP contribution is 2.35. The summed E-state index contributed by atoms with van der Waals surface area (Å²) in [6.07, 6.45) is -0.0981. The second-order valence-electron chi connectivity index (χ2n) is 6.88. The molecule has 9 heteroatoms. The van der Waals surface area contributed by atoms with Crippen molar-refractivity contribution in [3.63, 3.8) is 0 Å². The first-order valence-electron chi connectivity index (χ1n) is 9.07. The molecule has 3 heterocycles. The Bertz CT molecular complexity index is 1290. The summed E-state index contributed by atoms with van der Waals surface area (Å²) in [5, 5.41) is 2.71. The SMILES string of the molecule is Cc1ccc(-c2csc3nc(CC(=O)N(C)Cc4c(F)cccc4Cl)[nH]c(=O)c23)s1. The maximum absolute atomic E-state index is 14.0. The van der Waals surface area contributed by atoms with Gasteiger partial charge >= 0.3 is 0 Å². The smallest absolute Gasteiger partial charge is 0.260 e. The Hall–Kier alpha value is -2.55. The fourth-order valence-electron chi connectivity index (χ4n) is 3.12. The topological polar surface area (TPSA) is 66.1 Å². The van der Waals surface area contributed by atoms with E-state index in [2.05, 4.69) is 9.97 Å². The molecule has 5 nitrogen and oxygen atoms in total. The van der Waals surface area contributed by atoms with E-state index in [-0.39, 0.29) is 40.8 Å². The van der Waals surface area contributed by atoms with Crippen LogP contribution in [0.4, 0.5) is 4.39 Å². The van der Waals surface area contributed by atoms with Crippen LogP contribution in [-0.4, -0.2) is 27.8 Å². The van der Waals surface area contributed by atoms with E-state index in [9.17, 15) is 14.0 Å². The van der Waals surface area contributed by atoms with Gasteiger partial charge < -0.3 is 9.88 Å². The summed E-state index contributed by atoms with van der Waals surface area (Å²) in [6, 6.07) is 8.39. The van der Waals surface area contributed by atoms with Crippen molar-refractivity contribution in [2.45, 2.75) is 19.9 Å². The van der Waals surface area contributed by atoms with Crippen LogP contribution < -0.4 is 5.56 Å². The van der Waals surface area contributed by atoms with Crippen molar-refractivity contribution in [2.24, 2.45) is 0 Å². The number of hydrogen-bond acceptors (Lipinski definition) is 5. The van der Waals surface area contributed by atoms with Crippen molar-refractivity contribution < 1.29 is 9.18 Å². The van der Waals surface area contributed by atoms with Crippen molar-refractivity contribution in [1.82, 2.24) is 14.9 Å². The number of nitrogens with zero attached hydrogens (tertiary/aromatic N) is 2. The zero-order valence-corrected chi connectivity index (χ0v) is 18.6. The van der Waals surface area contributed by atoms with Crippen molar-refractivity contribution in [2.75, 3.05) is 7.05 Å². The summed E-state index contributed by atoms with van der Waals surface area (Å²) in [6.45, 7) is 2.04. The fraction of sp³-hybridized carbons (Fsp3) is 0.190. The van der Waals surface area contributed by atoms with Gasteiger partial charge in [-0.15, -0.1) is 22.7 Å². The highest BCUT2D eigenvalue weighted by Gasteiger charge is 2.18. The van der Waals surface area contributed by atoms with Crippen molar-refractivity contribution in [3.8, 4) is 10.4 Å². The van der Waals surface area contributed by atoms with Gasteiger partial charge in [0.15, 0.2) is 0 Å². The highest BCUT2D eigenvalue weighted by molar-refractivity contribution is 7.19. The number of H-pyrrole nitrogens is 1. The van der Waals surface area contributed by atoms with Gasteiger partial charge in [-0.3, -0.25) is 9.59 Å². The van der Waals surface area contributed by atoms with E-state index in [4.69, 9.17) is 11.6 Å². The molecule has 1 aromatic carbocycles. The van der Waals surface area contributed by atoms with Gasteiger partial charge in [0.05, 0.1) is 11.8 Å². The Morgan fingerprint density at radius 1 is 1.30 bits per heavy atom. The highest BCUT2D eigenvalue weighted by atomic mass is 35.5. The molecule has 4 aromatic rings.